The molecule has 0 saturated carbocycles. The van der Waals surface area contributed by atoms with Gasteiger partial charge in [0.05, 0.1) is 52.9 Å². The standard InChI is InChI=1S/4C3H8O2/c4*1-5-3-2-4/h4*4H,2-3H2,1H3. The van der Waals surface area contributed by atoms with Crippen LogP contribution >= 0.6 is 0 Å². The van der Waals surface area contributed by atoms with Crippen LogP contribution < -0.4 is 0 Å². The van der Waals surface area contributed by atoms with Gasteiger partial charge in [0.1, 0.15) is 0 Å². The Bertz CT molecular complexity index is 73.5. The van der Waals surface area contributed by atoms with Gasteiger partial charge < -0.3 is 39.4 Å². The average molecular weight is 304 g/mol. The van der Waals surface area contributed by atoms with Crippen molar-refractivity contribution in [3.63, 3.8) is 0 Å². The van der Waals surface area contributed by atoms with Crippen molar-refractivity contribution in [2.24, 2.45) is 0 Å². The summed E-state index contributed by atoms with van der Waals surface area (Å²) in [4.78, 5) is 0. The van der Waals surface area contributed by atoms with Crippen molar-refractivity contribution in [2.45, 2.75) is 0 Å². The predicted molar refractivity (Wildman–Crippen MR) is 75.8 cm³/mol. The van der Waals surface area contributed by atoms with Crippen LogP contribution in [-0.2, 0) is 18.9 Å². The molecular weight excluding hydrogens is 272 g/mol. The maximum Gasteiger partial charge on any atom is 0.0693 e. The van der Waals surface area contributed by atoms with E-state index in [4.69, 9.17) is 20.4 Å². The van der Waals surface area contributed by atoms with Gasteiger partial charge in [-0.2, -0.15) is 0 Å². The second kappa shape index (κ2) is 42.8. The molecule has 0 radical (unpaired) electrons. The third kappa shape index (κ3) is 83.4. The maximum atomic E-state index is 7.94. The fraction of sp³-hybridized carbons (Fsp3) is 1.00. The van der Waals surface area contributed by atoms with Gasteiger partial charge >= 0.3 is 0 Å². The predicted octanol–water partition coefficient (Wildman–Crippen LogP) is -1.50. The first-order valence-corrected chi connectivity index (χ1v) is 6.05. The molecule has 0 saturated heterocycles. The SMILES string of the molecule is COCCO.COCCO.COCCO.COCCO. The van der Waals surface area contributed by atoms with Crippen LogP contribution in [0.4, 0.5) is 0 Å². The molecular formula is C12H32O8. The van der Waals surface area contributed by atoms with Gasteiger partial charge in [0.2, 0.25) is 0 Å². The fourth-order valence-corrected chi connectivity index (χ4v) is 0.365. The summed E-state index contributed by atoms with van der Waals surface area (Å²) < 4.78 is 17.8. The van der Waals surface area contributed by atoms with Crippen LogP contribution in [0, 0.1) is 0 Å². The number of aliphatic hydroxyl groups excluding tert-OH is 4. The Hall–Kier alpha value is -0.320. The first kappa shape index (κ1) is 27.9. The van der Waals surface area contributed by atoms with Gasteiger partial charge in [-0.05, 0) is 0 Å². The number of hydrogen-bond donors (Lipinski definition) is 4. The van der Waals surface area contributed by atoms with Crippen LogP contribution in [0.3, 0.4) is 0 Å². The quantitative estimate of drug-likeness (QED) is 0.428. The van der Waals surface area contributed by atoms with Crippen molar-refractivity contribution < 1.29 is 39.4 Å². The lowest BCUT2D eigenvalue weighted by Crippen LogP contribution is -1.91. The third-order valence-corrected chi connectivity index (χ3v) is 1.18. The summed E-state index contributed by atoms with van der Waals surface area (Å²) in [6.07, 6.45) is 0. The molecule has 128 valence electrons. The maximum absolute atomic E-state index is 7.94. The molecule has 0 spiro atoms. The van der Waals surface area contributed by atoms with Gasteiger partial charge in [0.25, 0.3) is 0 Å². The Kier molecular flexibility index (Phi) is 59.8. The first-order chi connectivity index (χ1) is 9.66. The Morgan fingerprint density at radius 2 is 0.600 bits per heavy atom. The highest BCUT2D eigenvalue weighted by atomic mass is 16.5. The van der Waals surface area contributed by atoms with Gasteiger partial charge in [0.15, 0.2) is 0 Å². The zero-order valence-corrected chi connectivity index (χ0v) is 13.1. The number of rotatable bonds is 8. The molecule has 0 heterocycles. The molecule has 0 aliphatic heterocycles. The first-order valence-electron chi connectivity index (χ1n) is 6.05. The second-order valence-corrected chi connectivity index (χ2v) is 2.87. The van der Waals surface area contributed by atoms with E-state index < -0.39 is 0 Å². The Morgan fingerprint density at radius 3 is 0.600 bits per heavy atom. The van der Waals surface area contributed by atoms with E-state index in [0.717, 1.165) is 0 Å². The van der Waals surface area contributed by atoms with E-state index in [1.807, 2.05) is 0 Å². The van der Waals surface area contributed by atoms with E-state index in [0.29, 0.717) is 26.4 Å². The van der Waals surface area contributed by atoms with Crippen LogP contribution in [0.15, 0.2) is 0 Å². The van der Waals surface area contributed by atoms with Gasteiger partial charge in [-0.3, -0.25) is 0 Å². The summed E-state index contributed by atoms with van der Waals surface area (Å²) in [5, 5.41) is 31.8. The molecule has 0 fully saturated rings. The zero-order valence-electron chi connectivity index (χ0n) is 13.1. The van der Waals surface area contributed by atoms with E-state index in [1.165, 1.54) is 0 Å². The Labute approximate surface area is 121 Å². The van der Waals surface area contributed by atoms with Crippen molar-refractivity contribution in [1.82, 2.24) is 0 Å². The molecule has 20 heavy (non-hydrogen) atoms. The van der Waals surface area contributed by atoms with E-state index in [-0.39, 0.29) is 26.4 Å². The second-order valence-electron chi connectivity index (χ2n) is 2.87. The molecule has 4 N–H and O–H groups in total. The van der Waals surface area contributed by atoms with Crippen molar-refractivity contribution >= 4 is 0 Å². The molecule has 0 aromatic rings. The lowest BCUT2D eigenvalue weighted by Gasteiger charge is -1.84. The van der Waals surface area contributed by atoms with E-state index in [1.54, 1.807) is 28.4 Å². The fourth-order valence-electron chi connectivity index (χ4n) is 0.365. The molecule has 0 aromatic carbocycles. The molecule has 0 bridgehead atoms. The number of ether oxygens (including phenoxy) is 4. The molecule has 8 heteroatoms. The van der Waals surface area contributed by atoms with Gasteiger partial charge in [-0.25, -0.2) is 0 Å². The lowest BCUT2D eigenvalue weighted by molar-refractivity contribution is 0.135. The summed E-state index contributed by atoms with van der Waals surface area (Å²) in [5.74, 6) is 0. The molecule has 0 aliphatic rings. The summed E-state index contributed by atoms with van der Waals surface area (Å²) >= 11 is 0. The Morgan fingerprint density at radius 1 is 0.450 bits per heavy atom. The van der Waals surface area contributed by atoms with Gasteiger partial charge in [0, 0.05) is 28.4 Å². The topological polar surface area (TPSA) is 118 Å². The highest BCUT2D eigenvalue weighted by molar-refractivity contribution is 4.14. The minimum Gasteiger partial charge on any atom is -0.394 e. The number of hydrogen-bond acceptors (Lipinski definition) is 8. The molecule has 0 atom stereocenters. The third-order valence-electron chi connectivity index (χ3n) is 1.18. The van der Waals surface area contributed by atoms with Crippen molar-refractivity contribution in [1.29, 1.82) is 0 Å². The smallest absolute Gasteiger partial charge is 0.0693 e. The van der Waals surface area contributed by atoms with Crippen LogP contribution in [-0.4, -0.2) is 102 Å². The minimum atomic E-state index is 0.122. The molecule has 0 aliphatic carbocycles. The highest BCUT2D eigenvalue weighted by Gasteiger charge is 1.68. The Balaban J connectivity index is -0.0000000853. The van der Waals surface area contributed by atoms with Crippen LogP contribution in [0.25, 0.3) is 0 Å². The largest absolute Gasteiger partial charge is 0.394 e. The highest BCUT2D eigenvalue weighted by Crippen LogP contribution is 1.57. The van der Waals surface area contributed by atoms with E-state index in [2.05, 4.69) is 18.9 Å². The summed E-state index contributed by atoms with van der Waals surface area (Å²) in [7, 11) is 6.21. The lowest BCUT2D eigenvalue weighted by atomic mass is 10.8. The molecule has 0 rings (SSSR count). The summed E-state index contributed by atoms with van der Waals surface area (Å²) in [6.45, 7) is 2.26. The molecule has 0 unspecified atom stereocenters. The van der Waals surface area contributed by atoms with E-state index >= 15 is 0 Å². The molecule has 8 nitrogen and oxygen atoms in total. The monoisotopic (exact) mass is 304 g/mol. The summed E-state index contributed by atoms with van der Waals surface area (Å²) in [6, 6.07) is 0. The minimum absolute atomic E-state index is 0.122. The van der Waals surface area contributed by atoms with E-state index in [9.17, 15) is 0 Å². The van der Waals surface area contributed by atoms with Crippen molar-refractivity contribution in [3.8, 4) is 0 Å². The zero-order chi connectivity index (χ0) is 16.5. The number of methoxy groups -OCH3 is 4. The normalized spacial score (nSPS) is 8.40. The van der Waals surface area contributed by atoms with Crippen LogP contribution in [0.2, 0.25) is 0 Å². The van der Waals surface area contributed by atoms with Crippen molar-refractivity contribution in [2.75, 3.05) is 81.3 Å². The van der Waals surface area contributed by atoms with Gasteiger partial charge in [-0.1, -0.05) is 0 Å². The average Bonchev–Trinajstić information content (AvgIpc) is 2.44. The van der Waals surface area contributed by atoms with Crippen LogP contribution in [0.5, 0.6) is 0 Å². The van der Waals surface area contributed by atoms with Crippen molar-refractivity contribution in [3.05, 3.63) is 0 Å². The molecule has 0 aromatic heterocycles. The molecule has 0 amide bonds. The summed E-state index contributed by atoms with van der Waals surface area (Å²) in [5.41, 5.74) is 0. The number of aliphatic hydroxyl groups is 4. The van der Waals surface area contributed by atoms with Crippen LogP contribution in [0.1, 0.15) is 0 Å². The van der Waals surface area contributed by atoms with Gasteiger partial charge in [-0.15, -0.1) is 0 Å².